The lowest BCUT2D eigenvalue weighted by molar-refractivity contribution is 0.368. The fourth-order valence-corrected chi connectivity index (χ4v) is 2.58. The van der Waals surface area contributed by atoms with Crippen LogP contribution < -0.4 is 5.32 Å². The van der Waals surface area contributed by atoms with Crippen molar-refractivity contribution >= 4 is 0 Å². The number of hydrogen-bond donors (Lipinski definition) is 1. The molecule has 1 aromatic rings. The topological polar surface area (TPSA) is 12.0 Å². The Kier molecular flexibility index (Phi) is 3.59. The molecule has 0 bridgehead atoms. The Hall–Kier alpha value is -0.890. The highest BCUT2D eigenvalue weighted by molar-refractivity contribution is 5.30. The fraction of sp³-hybridized carbons (Fsp3) is 0.571. The van der Waals surface area contributed by atoms with Gasteiger partial charge in [-0.3, -0.25) is 0 Å². The van der Waals surface area contributed by atoms with Crippen LogP contribution in [0.25, 0.3) is 0 Å². The number of rotatable bonds is 2. The molecule has 16 heavy (non-hydrogen) atoms. The molecular formula is C14H20FN. The number of aryl methyl sites for hydroxylation is 2. The van der Waals surface area contributed by atoms with E-state index in [2.05, 4.69) is 5.32 Å². The highest BCUT2D eigenvalue weighted by Crippen LogP contribution is 2.22. The maximum atomic E-state index is 13.9. The summed E-state index contributed by atoms with van der Waals surface area (Å²) in [7, 11) is 0. The molecule has 0 spiro atoms. The molecule has 0 atom stereocenters. The van der Waals surface area contributed by atoms with E-state index in [1.54, 1.807) is 0 Å². The first-order valence-electron chi connectivity index (χ1n) is 6.13. The van der Waals surface area contributed by atoms with Gasteiger partial charge in [-0.2, -0.15) is 0 Å². The molecule has 0 aliphatic carbocycles. The molecule has 1 N–H and O–H groups in total. The van der Waals surface area contributed by atoms with Gasteiger partial charge in [0, 0.05) is 0 Å². The summed E-state index contributed by atoms with van der Waals surface area (Å²) in [6.07, 6.45) is 3.24. The molecule has 0 amide bonds. The van der Waals surface area contributed by atoms with Gasteiger partial charge in [0.15, 0.2) is 0 Å². The highest BCUT2D eigenvalue weighted by Gasteiger charge is 2.16. The smallest absolute Gasteiger partial charge is 0.129 e. The normalized spacial score (nSPS) is 17.7. The van der Waals surface area contributed by atoms with Gasteiger partial charge in [-0.1, -0.05) is 17.7 Å². The summed E-state index contributed by atoms with van der Waals surface area (Å²) in [6.45, 7) is 6.06. The van der Waals surface area contributed by atoms with Gasteiger partial charge in [-0.15, -0.1) is 0 Å². The average Bonchev–Trinajstić information content (AvgIpc) is 2.27. The van der Waals surface area contributed by atoms with E-state index in [0.29, 0.717) is 5.92 Å². The summed E-state index contributed by atoms with van der Waals surface area (Å²) in [6, 6.07) is 3.92. The molecule has 1 aliphatic rings. The molecule has 1 saturated heterocycles. The minimum atomic E-state index is 0.00383. The van der Waals surface area contributed by atoms with Crippen molar-refractivity contribution in [3.8, 4) is 0 Å². The first-order chi connectivity index (χ1) is 7.66. The molecule has 1 heterocycles. The Morgan fingerprint density at radius 3 is 2.62 bits per heavy atom. The second-order valence-corrected chi connectivity index (χ2v) is 4.95. The second kappa shape index (κ2) is 4.96. The van der Waals surface area contributed by atoms with Gasteiger partial charge in [-0.05, 0) is 63.2 Å². The molecule has 2 rings (SSSR count). The van der Waals surface area contributed by atoms with Gasteiger partial charge >= 0.3 is 0 Å². The van der Waals surface area contributed by atoms with Crippen molar-refractivity contribution in [3.63, 3.8) is 0 Å². The molecular weight excluding hydrogens is 201 g/mol. The number of piperidine rings is 1. The van der Waals surface area contributed by atoms with Crippen LogP contribution in [0.15, 0.2) is 12.1 Å². The SMILES string of the molecule is Cc1cc(C)c(F)c(CC2CCNCC2)c1. The summed E-state index contributed by atoms with van der Waals surface area (Å²) < 4.78 is 13.9. The van der Waals surface area contributed by atoms with Crippen LogP contribution in [0, 0.1) is 25.6 Å². The quantitative estimate of drug-likeness (QED) is 0.809. The number of benzene rings is 1. The Morgan fingerprint density at radius 1 is 1.25 bits per heavy atom. The first kappa shape index (κ1) is 11.6. The van der Waals surface area contributed by atoms with E-state index in [4.69, 9.17) is 0 Å². The van der Waals surface area contributed by atoms with Gasteiger partial charge in [-0.25, -0.2) is 4.39 Å². The van der Waals surface area contributed by atoms with Crippen LogP contribution in [0.4, 0.5) is 4.39 Å². The predicted molar refractivity (Wildman–Crippen MR) is 65.2 cm³/mol. The van der Waals surface area contributed by atoms with Gasteiger partial charge < -0.3 is 5.32 Å². The van der Waals surface area contributed by atoms with Crippen molar-refractivity contribution in [1.29, 1.82) is 0 Å². The number of nitrogens with one attached hydrogen (secondary N) is 1. The molecule has 88 valence electrons. The molecule has 0 aromatic heterocycles. The fourth-order valence-electron chi connectivity index (χ4n) is 2.58. The van der Waals surface area contributed by atoms with E-state index in [9.17, 15) is 4.39 Å². The summed E-state index contributed by atoms with van der Waals surface area (Å²) in [5, 5.41) is 3.34. The zero-order valence-electron chi connectivity index (χ0n) is 10.1. The summed E-state index contributed by atoms with van der Waals surface area (Å²) in [4.78, 5) is 0. The highest BCUT2D eigenvalue weighted by atomic mass is 19.1. The van der Waals surface area contributed by atoms with Crippen molar-refractivity contribution < 1.29 is 4.39 Å². The predicted octanol–water partition coefficient (Wildman–Crippen LogP) is 2.98. The van der Waals surface area contributed by atoms with Crippen LogP contribution >= 0.6 is 0 Å². The monoisotopic (exact) mass is 221 g/mol. The van der Waals surface area contributed by atoms with Gasteiger partial charge in [0.05, 0.1) is 0 Å². The Bertz CT molecular complexity index is 367. The third-order valence-corrected chi connectivity index (χ3v) is 3.44. The van der Waals surface area contributed by atoms with E-state index in [1.807, 2.05) is 26.0 Å². The average molecular weight is 221 g/mol. The van der Waals surface area contributed by atoms with Crippen LogP contribution in [0.2, 0.25) is 0 Å². The van der Waals surface area contributed by atoms with Gasteiger partial charge in [0.2, 0.25) is 0 Å². The van der Waals surface area contributed by atoms with E-state index in [0.717, 1.165) is 30.6 Å². The lowest BCUT2D eigenvalue weighted by Crippen LogP contribution is -2.28. The number of halogens is 1. The molecule has 1 nitrogen and oxygen atoms in total. The molecule has 1 aromatic carbocycles. The van der Waals surface area contributed by atoms with Crippen LogP contribution in [0.3, 0.4) is 0 Å². The van der Waals surface area contributed by atoms with E-state index in [-0.39, 0.29) is 5.82 Å². The maximum absolute atomic E-state index is 13.9. The van der Waals surface area contributed by atoms with E-state index in [1.165, 1.54) is 18.4 Å². The minimum Gasteiger partial charge on any atom is -0.317 e. The van der Waals surface area contributed by atoms with Gasteiger partial charge in [0.25, 0.3) is 0 Å². The lowest BCUT2D eigenvalue weighted by Gasteiger charge is -2.23. The lowest BCUT2D eigenvalue weighted by atomic mass is 9.89. The molecule has 2 heteroatoms. The third-order valence-electron chi connectivity index (χ3n) is 3.44. The second-order valence-electron chi connectivity index (χ2n) is 4.95. The summed E-state index contributed by atoms with van der Waals surface area (Å²) in [5.74, 6) is 0.654. The maximum Gasteiger partial charge on any atom is 0.129 e. The molecule has 1 aliphatic heterocycles. The zero-order chi connectivity index (χ0) is 11.5. The van der Waals surface area contributed by atoms with Crippen LogP contribution in [0.5, 0.6) is 0 Å². The number of hydrogen-bond acceptors (Lipinski definition) is 1. The summed E-state index contributed by atoms with van der Waals surface area (Å²) in [5.41, 5.74) is 2.86. The third kappa shape index (κ3) is 2.62. The molecule has 0 saturated carbocycles. The Morgan fingerprint density at radius 2 is 1.94 bits per heavy atom. The van der Waals surface area contributed by atoms with Crippen LogP contribution in [-0.2, 0) is 6.42 Å². The zero-order valence-corrected chi connectivity index (χ0v) is 10.1. The largest absolute Gasteiger partial charge is 0.317 e. The van der Waals surface area contributed by atoms with Crippen LogP contribution in [0.1, 0.15) is 29.5 Å². The molecule has 1 fully saturated rings. The van der Waals surface area contributed by atoms with Crippen molar-refractivity contribution in [2.75, 3.05) is 13.1 Å². The van der Waals surface area contributed by atoms with Crippen molar-refractivity contribution in [1.82, 2.24) is 5.32 Å². The van der Waals surface area contributed by atoms with Crippen molar-refractivity contribution in [3.05, 3.63) is 34.6 Å². The minimum absolute atomic E-state index is 0.00383. The molecule has 0 unspecified atom stereocenters. The van der Waals surface area contributed by atoms with Crippen molar-refractivity contribution in [2.24, 2.45) is 5.92 Å². The van der Waals surface area contributed by atoms with E-state index >= 15 is 0 Å². The Labute approximate surface area is 97.1 Å². The van der Waals surface area contributed by atoms with Gasteiger partial charge in [0.1, 0.15) is 5.82 Å². The Balaban J connectivity index is 2.13. The first-order valence-corrected chi connectivity index (χ1v) is 6.13. The summed E-state index contributed by atoms with van der Waals surface area (Å²) >= 11 is 0. The van der Waals surface area contributed by atoms with Crippen molar-refractivity contribution in [2.45, 2.75) is 33.1 Å². The van der Waals surface area contributed by atoms with E-state index < -0.39 is 0 Å². The van der Waals surface area contributed by atoms with Crippen LogP contribution in [-0.4, -0.2) is 13.1 Å². The standard InChI is InChI=1S/C14H20FN/c1-10-7-11(2)14(15)13(8-10)9-12-3-5-16-6-4-12/h7-8,12,16H,3-6,9H2,1-2H3. The molecule has 0 radical (unpaired) electrons.